The molecular formula is C17H23F3N4O3. The number of rotatable bonds is 5. The number of carbonyl (C=O) groups is 1. The highest BCUT2D eigenvalue weighted by molar-refractivity contribution is 5.95. The van der Waals surface area contributed by atoms with Crippen LogP contribution in [0.4, 0.5) is 18.9 Å². The first-order valence-electron chi connectivity index (χ1n) is 8.56. The Morgan fingerprint density at radius 1 is 1.19 bits per heavy atom. The molecule has 0 radical (unpaired) electrons. The molecular weight excluding hydrogens is 365 g/mol. The van der Waals surface area contributed by atoms with Gasteiger partial charge in [0.1, 0.15) is 0 Å². The van der Waals surface area contributed by atoms with Gasteiger partial charge in [-0.1, -0.05) is 0 Å². The van der Waals surface area contributed by atoms with Crippen molar-refractivity contribution in [2.24, 2.45) is 0 Å². The third-order valence-electron chi connectivity index (χ3n) is 4.75. The quantitative estimate of drug-likeness (QED) is 0.439. The SMILES string of the molecule is CC1CN(C(=O)c2cc([N+](=O)[O-])c(F)c(F)c2F)CC(C)N1CCN(C)C. The second-order valence-corrected chi connectivity index (χ2v) is 7.09. The monoisotopic (exact) mass is 388 g/mol. The van der Waals surface area contributed by atoms with E-state index >= 15 is 0 Å². The molecule has 0 aromatic heterocycles. The summed E-state index contributed by atoms with van der Waals surface area (Å²) in [7, 11) is 3.90. The van der Waals surface area contributed by atoms with Gasteiger partial charge in [0, 0.05) is 44.3 Å². The zero-order valence-electron chi connectivity index (χ0n) is 15.7. The molecule has 150 valence electrons. The van der Waals surface area contributed by atoms with Crippen molar-refractivity contribution in [3.63, 3.8) is 0 Å². The summed E-state index contributed by atoms with van der Waals surface area (Å²) < 4.78 is 41.3. The molecule has 1 aromatic carbocycles. The van der Waals surface area contributed by atoms with Crippen molar-refractivity contribution in [2.45, 2.75) is 25.9 Å². The normalized spacial score (nSPS) is 21.0. The average Bonchev–Trinajstić information content (AvgIpc) is 2.58. The van der Waals surface area contributed by atoms with Gasteiger partial charge in [0.15, 0.2) is 5.82 Å². The largest absolute Gasteiger partial charge is 0.335 e. The van der Waals surface area contributed by atoms with Gasteiger partial charge in [0.05, 0.1) is 10.5 Å². The number of benzene rings is 1. The third-order valence-corrected chi connectivity index (χ3v) is 4.75. The molecule has 0 N–H and O–H groups in total. The van der Waals surface area contributed by atoms with Crippen LogP contribution < -0.4 is 0 Å². The molecule has 1 aliphatic heterocycles. The highest BCUT2D eigenvalue weighted by Gasteiger charge is 2.35. The summed E-state index contributed by atoms with van der Waals surface area (Å²) in [5.41, 5.74) is -2.09. The first-order valence-corrected chi connectivity index (χ1v) is 8.56. The maximum Gasteiger partial charge on any atom is 0.308 e. The van der Waals surface area contributed by atoms with Gasteiger partial charge in [0.25, 0.3) is 5.91 Å². The first kappa shape index (κ1) is 21.1. The maximum absolute atomic E-state index is 14.1. The molecule has 2 atom stereocenters. The predicted octanol–water partition coefficient (Wildman–Crippen LogP) is 2.11. The van der Waals surface area contributed by atoms with Crippen molar-refractivity contribution in [1.29, 1.82) is 0 Å². The summed E-state index contributed by atoms with van der Waals surface area (Å²) >= 11 is 0. The average molecular weight is 388 g/mol. The molecule has 0 saturated carbocycles. The fourth-order valence-electron chi connectivity index (χ4n) is 3.33. The Hall–Kier alpha value is -2.20. The van der Waals surface area contributed by atoms with Gasteiger partial charge in [-0.25, -0.2) is 8.78 Å². The number of hydrogen-bond acceptors (Lipinski definition) is 5. The Morgan fingerprint density at radius 2 is 1.74 bits per heavy atom. The lowest BCUT2D eigenvalue weighted by Gasteiger charge is -2.44. The Morgan fingerprint density at radius 3 is 2.22 bits per heavy atom. The van der Waals surface area contributed by atoms with E-state index in [1.54, 1.807) is 0 Å². The molecule has 0 spiro atoms. The topological polar surface area (TPSA) is 69.9 Å². The van der Waals surface area contributed by atoms with E-state index in [0.29, 0.717) is 6.07 Å². The highest BCUT2D eigenvalue weighted by Crippen LogP contribution is 2.27. The van der Waals surface area contributed by atoms with Crippen molar-refractivity contribution in [2.75, 3.05) is 40.3 Å². The third kappa shape index (κ3) is 4.38. The summed E-state index contributed by atoms with van der Waals surface area (Å²) in [4.78, 5) is 27.9. The Balaban J connectivity index is 2.25. The number of nitrogens with zero attached hydrogens (tertiary/aromatic N) is 4. The fraction of sp³-hybridized carbons (Fsp3) is 0.588. The van der Waals surface area contributed by atoms with Crippen molar-refractivity contribution in [3.8, 4) is 0 Å². The van der Waals surface area contributed by atoms with Crippen LogP contribution in [0.3, 0.4) is 0 Å². The summed E-state index contributed by atoms with van der Waals surface area (Å²) in [6, 6.07) is 0.381. The minimum atomic E-state index is -2.02. The minimum Gasteiger partial charge on any atom is -0.335 e. The lowest BCUT2D eigenvalue weighted by Crippen LogP contribution is -2.59. The smallest absolute Gasteiger partial charge is 0.308 e. The second-order valence-electron chi connectivity index (χ2n) is 7.09. The standard InChI is InChI=1S/C17H23F3N4O3/c1-10-8-22(9-11(2)23(10)6-5-21(3)4)17(25)12-7-13(24(26)27)15(19)16(20)14(12)18/h7,10-11H,5-6,8-9H2,1-4H3. The van der Waals surface area contributed by atoms with Crippen LogP contribution in [0.1, 0.15) is 24.2 Å². The van der Waals surface area contributed by atoms with E-state index in [4.69, 9.17) is 0 Å². The van der Waals surface area contributed by atoms with Crippen LogP contribution in [-0.2, 0) is 0 Å². The summed E-state index contributed by atoms with van der Waals surface area (Å²) in [6.07, 6.45) is 0. The minimum absolute atomic E-state index is 0.0407. The Labute approximate surface area is 155 Å². The Bertz CT molecular complexity index is 733. The van der Waals surface area contributed by atoms with Gasteiger partial charge >= 0.3 is 5.69 Å². The van der Waals surface area contributed by atoms with Gasteiger partial charge in [0.2, 0.25) is 11.6 Å². The van der Waals surface area contributed by atoms with Crippen LogP contribution in [0.15, 0.2) is 6.07 Å². The van der Waals surface area contributed by atoms with Gasteiger partial charge in [-0.3, -0.25) is 19.8 Å². The zero-order chi connectivity index (χ0) is 20.5. The molecule has 1 aromatic rings. The molecule has 10 heteroatoms. The Kier molecular flexibility index (Phi) is 6.42. The van der Waals surface area contributed by atoms with E-state index in [9.17, 15) is 28.1 Å². The molecule has 1 fully saturated rings. The predicted molar refractivity (Wildman–Crippen MR) is 93.1 cm³/mol. The first-order chi connectivity index (χ1) is 12.5. The van der Waals surface area contributed by atoms with E-state index in [0.717, 1.165) is 13.1 Å². The van der Waals surface area contributed by atoms with Gasteiger partial charge in [-0.15, -0.1) is 0 Å². The maximum atomic E-state index is 14.1. The number of nitro groups is 1. The molecule has 0 bridgehead atoms. The molecule has 1 saturated heterocycles. The lowest BCUT2D eigenvalue weighted by atomic mass is 10.1. The van der Waals surface area contributed by atoms with E-state index in [1.807, 2.05) is 32.8 Å². The highest BCUT2D eigenvalue weighted by atomic mass is 19.2. The number of likely N-dealkylation sites (N-methyl/N-ethyl adjacent to an activating group) is 1. The van der Waals surface area contributed by atoms with Crippen molar-refractivity contribution in [1.82, 2.24) is 14.7 Å². The van der Waals surface area contributed by atoms with Crippen LogP contribution in [-0.4, -0.2) is 77.9 Å². The molecule has 0 aliphatic carbocycles. The molecule has 2 rings (SSSR count). The van der Waals surface area contributed by atoms with Crippen LogP contribution in [0, 0.1) is 27.6 Å². The second kappa shape index (κ2) is 8.22. The van der Waals surface area contributed by atoms with E-state index in [-0.39, 0.29) is 25.2 Å². The lowest BCUT2D eigenvalue weighted by molar-refractivity contribution is -0.387. The summed E-state index contributed by atoms with van der Waals surface area (Å²) in [5.74, 6) is -6.53. The molecule has 2 unspecified atom stereocenters. The molecule has 7 nitrogen and oxygen atoms in total. The summed E-state index contributed by atoms with van der Waals surface area (Å²) in [6.45, 7) is 5.94. The van der Waals surface area contributed by atoms with Crippen LogP contribution >= 0.6 is 0 Å². The van der Waals surface area contributed by atoms with Crippen molar-refractivity contribution < 1.29 is 22.9 Å². The number of piperazine rings is 1. The summed E-state index contributed by atoms with van der Waals surface area (Å²) in [5, 5.41) is 10.9. The van der Waals surface area contributed by atoms with Crippen LogP contribution in [0.5, 0.6) is 0 Å². The molecule has 1 amide bonds. The van der Waals surface area contributed by atoms with Gasteiger partial charge in [-0.2, -0.15) is 4.39 Å². The number of hydrogen-bond donors (Lipinski definition) is 0. The van der Waals surface area contributed by atoms with E-state index in [2.05, 4.69) is 4.90 Å². The zero-order valence-corrected chi connectivity index (χ0v) is 15.7. The van der Waals surface area contributed by atoms with E-state index in [1.165, 1.54) is 4.90 Å². The number of carbonyl (C=O) groups excluding carboxylic acids is 1. The number of amides is 1. The van der Waals surface area contributed by atoms with Crippen LogP contribution in [0.2, 0.25) is 0 Å². The van der Waals surface area contributed by atoms with Crippen LogP contribution in [0.25, 0.3) is 0 Å². The van der Waals surface area contributed by atoms with Gasteiger partial charge < -0.3 is 9.80 Å². The van der Waals surface area contributed by atoms with Crippen molar-refractivity contribution >= 4 is 11.6 Å². The molecule has 1 heterocycles. The molecule has 1 aliphatic rings. The number of nitro benzene ring substituents is 1. The van der Waals surface area contributed by atoms with Gasteiger partial charge in [-0.05, 0) is 27.9 Å². The fourth-order valence-corrected chi connectivity index (χ4v) is 3.33. The number of halogens is 3. The van der Waals surface area contributed by atoms with E-state index < -0.39 is 39.5 Å². The van der Waals surface area contributed by atoms with Crippen molar-refractivity contribution in [3.05, 3.63) is 39.2 Å². The molecule has 27 heavy (non-hydrogen) atoms.